The molecule has 0 saturated carbocycles. The molecule has 0 bridgehead atoms. The number of ether oxygens (including phenoxy) is 2. The van der Waals surface area contributed by atoms with Gasteiger partial charge in [0, 0.05) is 92.2 Å². The lowest BCUT2D eigenvalue weighted by Gasteiger charge is -2.28. The van der Waals surface area contributed by atoms with Gasteiger partial charge in [0.25, 0.3) is 0 Å². The number of nitrogens with zero attached hydrogens (tertiary/aromatic N) is 5. The van der Waals surface area contributed by atoms with Gasteiger partial charge in [-0.05, 0) is 77.9 Å². The molecular formula is C47H80N8O12S10. The summed E-state index contributed by atoms with van der Waals surface area (Å²) in [5, 5.41) is 56.5. The van der Waals surface area contributed by atoms with E-state index in [1.165, 1.54) is 51.9 Å². The highest BCUT2D eigenvalue weighted by Gasteiger charge is 2.25. The van der Waals surface area contributed by atoms with Crippen molar-refractivity contribution in [3.8, 4) is 0 Å². The maximum Gasteiger partial charge on any atom is 0.305 e. The van der Waals surface area contributed by atoms with Crippen LogP contribution in [-0.4, -0.2) is 206 Å². The molecule has 2 rings (SSSR count). The summed E-state index contributed by atoms with van der Waals surface area (Å²) < 4.78 is 16.2. The largest absolute Gasteiger partial charge is 0.479 e. The van der Waals surface area contributed by atoms with Gasteiger partial charge in [-0.25, -0.2) is 14.7 Å². The van der Waals surface area contributed by atoms with Crippen LogP contribution in [0.5, 0.6) is 0 Å². The molecule has 3 unspecified atom stereocenters. The highest BCUT2D eigenvalue weighted by molar-refractivity contribution is 8.25. The molecule has 77 heavy (non-hydrogen) atoms. The van der Waals surface area contributed by atoms with Gasteiger partial charge in [-0.15, -0.1) is 11.8 Å². The van der Waals surface area contributed by atoms with Crippen LogP contribution in [0.3, 0.4) is 0 Å². The Bertz CT molecular complexity index is 1980. The molecule has 3 atom stereocenters. The molecule has 0 aliphatic heterocycles. The van der Waals surface area contributed by atoms with Crippen LogP contribution in [0, 0.1) is 0 Å². The van der Waals surface area contributed by atoms with Gasteiger partial charge in [-0.1, -0.05) is 124 Å². The number of rotatable bonds is 23. The second-order valence-electron chi connectivity index (χ2n) is 16.7. The second kappa shape index (κ2) is 46.2. The Morgan fingerprint density at radius 2 is 1.12 bits per heavy atom. The molecular weight excluding hydrogens is 1190 g/mol. The average Bonchev–Trinajstić information content (AvgIpc) is 4.10. The van der Waals surface area contributed by atoms with Crippen LogP contribution in [0.15, 0.2) is 43.0 Å². The lowest BCUT2D eigenvalue weighted by molar-refractivity contribution is -0.145. The molecule has 0 aliphatic carbocycles. The number of nitrogens with one attached hydrogen (secondary N) is 3. The Kier molecular flexibility index (Phi) is 47.3. The third-order valence-electron chi connectivity index (χ3n) is 8.59. The van der Waals surface area contributed by atoms with E-state index in [2.05, 4.69) is 34.9 Å². The lowest BCUT2D eigenvalue weighted by atomic mass is 10.1. The van der Waals surface area contributed by atoms with Gasteiger partial charge in [0.05, 0.1) is 48.8 Å². The highest BCUT2D eigenvalue weighted by Crippen LogP contribution is 2.31. The summed E-state index contributed by atoms with van der Waals surface area (Å²) in [5.41, 5.74) is 0. The number of hydrazine groups is 1. The first kappa shape index (κ1) is 78.8. The first-order chi connectivity index (χ1) is 36.0. The number of thiocarbonyl (C=S) groups is 5. The fraction of sp³-hybridized carbons (Fsp3) is 0.638. The number of thioether (sulfide) groups is 5. The number of hydrogen-bond acceptors (Lipinski definition) is 24. The average molecular weight is 1270 g/mol. The molecule has 2 aromatic rings. The smallest absolute Gasteiger partial charge is 0.305 e. The van der Waals surface area contributed by atoms with E-state index >= 15 is 0 Å². The lowest BCUT2D eigenvalue weighted by Crippen LogP contribution is -2.44. The number of aliphatic hydroxyl groups is 5. The van der Waals surface area contributed by atoms with E-state index in [9.17, 15) is 24.0 Å². The van der Waals surface area contributed by atoms with Gasteiger partial charge >= 0.3 is 5.97 Å². The number of aromatic nitrogens is 3. The van der Waals surface area contributed by atoms with Gasteiger partial charge in [-0.2, -0.15) is 5.10 Å². The van der Waals surface area contributed by atoms with Crippen molar-refractivity contribution in [1.82, 2.24) is 40.3 Å². The topological polar surface area (TPSA) is 270 Å². The zero-order valence-corrected chi connectivity index (χ0v) is 54.0. The van der Waals surface area contributed by atoms with E-state index in [1.54, 1.807) is 74.7 Å². The van der Waals surface area contributed by atoms with E-state index in [-0.39, 0.29) is 109 Å². The van der Waals surface area contributed by atoms with Crippen molar-refractivity contribution in [2.75, 3.05) is 80.0 Å². The fourth-order valence-electron chi connectivity index (χ4n) is 4.92. The van der Waals surface area contributed by atoms with E-state index < -0.39 is 5.25 Å². The monoisotopic (exact) mass is 1270 g/mol. The molecule has 2 heterocycles. The van der Waals surface area contributed by atoms with Gasteiger partial charge in [0.1, 0.15) is 10.9 Å². The summed E-state index contributed by atoms with van der Waals surface area (Å²) in [6, 6.07) is 5.52. The zero-order chi connectivity index (χ0) is 59.7. The first-order valence-corrected chi connectivity index (χ1v) is 30.1. The number of esters is 1. The third-order valence-corrected chi connectivity index (χ3v) is 15.6. The van der Waals surface area contributed by atoms with Crippen LogP contribution in [0.2, 0.25) is 0 Å². The van der Waals surface area contributed by atoms with Crippen LogP contribution in [0.4, 0.5) is 0 Å². The number of carbonyl (C=O) groups is 5. The van der Waals surface area contributed by atoms with Crippen LogP contribution < -0.4 is 16.0 Å². The maximum atomic E-state index is 11.6. The quantitative estimate of drug-likeness (QED) is 0.0399. The van der Waals surface area contributed by atoms with Crippen molar-refractivity contribution >= 4 is 171 Å². The molecule has 8 N–H and O–H groups in total. The number of carbonyl (C=O) groups excluding carboxylic acids is 5. The Hall–Kier alpha value is -2.40. The molecule has 0 aliphatic rings. The molecule has 4 amide bonds. The van der Waals surface area contributed by atoms with Crippen molar-refractivity contribution in [2.45, 2.75) is 114 Å². The molecule has 0 fully saturated rings. The minimum absolute atomic E-state index is 0.0504. The Labute approximate surface area is 503 Å². The SMILES string of the molecule is CC(=O)N(C(=S)SC(C)C(=O)NCCO)N(C)C.CC(=S)SC(C)(C)CCO.CC(SC(=S)n1cccc1)C(=O)NCCO.CC(SC(=S)n1cccn1)C(=O)NCCO.CCOC(=S)SC(C)(C)CCC(=O)OCCO. The predicted molar refractivity (Wildman–Crippen MR) is 338 cm³/mol. The summed E-state index contributed by atoms with van der Waals surface area (Å²) in [6.07, 6.45) is 8.80. The van der Waals surface area contributed by atoms with Crippen molar-refractivity contribution in [2.24, 2.45) is 0 Å². The van der Waals surface area contributed by atoms with E-state index in [4.69, 9.17) is 96.1 Å². The molecule has 0 aromatic carbocycles. The minimum Gasteiger partial charge on any atom is -0.479 e. The maximum absolute atomic E-state index is 11.6. The highest BCUT2D eigenvalue weighted by atomic mass is 32.2. The van der Waals surface area contributed by atoms with Gasteiger partial charge < -0.3 is 55.5 Å². The van der Waals surface area contributed by atoms with E-state index in [0.29, 0.717) is 36.8 Å². The summed E-state index contributed by atoms with van der Waals surface area (Å²) in [6.45, 7) is 19.9. The second-order valence-corrected chi connectivity index (χ2v) is 27.7. The predicted octanol–water partition coefficient (Wildman–Crippen LogP) is 5.29. The molecule has 20 nitrogen and oxygen atoms in total. The number of hydrogen-bond donors (Lipinski definition) is 8. The summed E-state index contributed by atoms with van der Waals surface area (Å²) in [5.74, 6) is -0.990. The zero-order valence-electron chi connectivity index (χ0n) is 45.9. The van der Waals surface area contributed by atoms with Crippen molar-refractivity contribution in [1.29, 1.82) is 0 Å². The summed E-state index contributed by atoms with van der Waals surface area (Å²) >= 11 is 32.2. The van der Waals surface area contributed by atoms with Gasteiger partial charge in [-0.3, -0.25) is 24.0 Å². The Morgan fingerprint density at radius 1 is 0.649 bits per heavy atom. The Morgan fingerprint density at radius 3 is 1.51 bits per heavy atom. The molecule has 30 heteroatoms. The molecule has 0 spiro atoms. The van der Waals surface area contributed by atoms with Gasteiger partial charge in [0.15, 0.2) is 8.64 Å². The van der Waals surface area contributed by atoms with Crippen molar-refractivity contribution in [3.05, 3.63) is 43.0 Å². The molecule has 2 aromatic heterocycles. The van der Waals surface area contributed by atoms with Crippen LogP contribution in [0.25, 0.3) is 0 Å². The first-order valence-electron chi connectivity index (χ1n) is 23.8. The van der Waals surface area contributed by atoms with Crippen LogP contribution >= 0.6 is 120 Å². The van der Waals surface area contributed by atoms with E-state index in [1.807, 2.05) is 52.2 Å². The van der Waals surface area contributed by atoms with Crippen LogP contribution in [-0.2, 0) is 33.4 Å². The number of amides is 4. The summed E-state index contributed by atoms with van der Waals surface area (Å²) in [4.78, 5) is 57.2. The standard InChI is InChI=1S/C11H20O4S2.C10H19N3O3S2.C10H14N2O2S2.C9H13N3O2S2.C7H14OS2/c1-4-14-10(16)17-11(2,3)6-5-9(13)15-8-7-12;1-7(9(16)11-5-6-14)18-10(17)13(8(2)15)12(3)4;1-8(9(14)11-4-7-13)16-10(15)12-5-2-3-6-12;1-7(8(14)10-4-6-13)16-9(15)12-5-2-3-11-12;1-6(9)10-7(2,3)4-5-8/h12H,4-8H2,1-3H3;7,14H,5-6H2,1-4H3,(H,11,16);2-3,5-6,8,13H,4,7H2,1H3,(H,11,14);2-3,5,7,13H,4,6H2,1H3,(H,10,14);8H,4-5H2,1-3H3. The molecule has 0 saturated heterocycles. The van der Waals surface area contributed by atoms with E-state index in [0.717, 1.165) is 22.4 Å². The Balaban J connectivity index is -0.000000898. The van der Waals surface area contributed by atoms with Crippen molar-refractivity contribution < 1.29 is 59.0 Å². The number of aliphatic hydroxyl groups excluding tert-OH is 5. The normalized spacial score (nSPS) is 11.8. The molecule has 440 valence electrons. The molecule has 0 radical (unpaired) electrons. The third kappa shape index (κ3) is 42.2. The summed E-state index contributed by atoms with van der Waals surface area (Å²) in [7, 11) is 3.40. The minimum atomic E-state index is -0.425. The van der Waals surface area contributed by atoms with Crippen molar-refractivity contribution in [3.63, 3.8) is 0 Å². The van der Waals surface area contributed by atoms with Gasteiger partial charge in [0.2, 0.25) is 28.0 Å². The fourth-order valence-corrected chi connectivity index (χ4v) is 12.3. The van der Waals surface area contributed by atoms with Crippen LogP contribution in [0.1, 0.15) is 88.5 Å².